The van der Waals surface area contributed by atoms with Crippen LogP contribution in [0.25, 0.3) is 0 Å². The Bertz CT molecular complexity index is 940. The fraction of sp³-hybridized carbons (Fsp3) is 0.273. The summed E-state index contributed by atoms with van der Waals surface area (Å²) in [6.45, 7) is 5.07. The van der Waals surface area contributed by atoms with Gasteiger partial charge in [-0.2, -0.15) is 0 Å². The number of fused-ring (bicyclic) bond motifs is 1. The molecule has 0 radical (unpaired) electrons. The topological polar surface area (TPSA) is 46.9 Å². The van der Waals surface area contributed by atoms with Gasteiger partial charge < -0.3 is 9.88 Å². The average molecular weight is 345 g/mol. The zero-order chi connectivity index (χ0) is 18.1. The lowest BCUT2D eigenvalue weighted by atomic mass is 9.89. The van der Waals surface area contributed by atoms with Gasteiger partial charge in [-0.15, -0.1) is 0 Å². The summed E-state index contributed by atoms with van der Waals surface area (Å²) in [6.07, 6.45) is 3.86. The van der Waals surface area contributed by atoms with Crippen LogP contribution >= 0.6 is 0 Å². The van der Waals surface area contributed by atoms with Crippen LogP contribution < -0.4 is 5.32 Å². The number of aryl methyl sites for hydroxylation is 3. The molecule has 2 aromatic carbocycles. The van der Waals surface area contributed by atoms with Gasteiger partial charge in [0.05, 0.1) is 0 Å². The van der Waals surface area contributed by atoms with Gasteiger partial charge in [0.2, 0.25) is 0 Å². The summed E-state index contributed by atoms with van der Waals surface area (Å²) < 4.78 is 2.14. The van der Waals surface area contributed by atoms with Gasteiger partial charge in [0, 0.05) is 30.8 Å². The maximum absolute atomic E-state index is 12.5. The number of nitrogens with zero attached hydrogens (tertiary/aromatic N) is 2. The third-order valence-electron chi connectivity index (χ3n) is 5.16. The number of aromatic nitrogens is 2. The summed E-state index contributed by atoms with van der Waals surface area (Å²) in [5, 5.41) is 2.93. The molecule has 4 heteroatoms. The van der Waals surface area contributed by atoms with Crippen molar-refractivity contribution in [2.75, 3.05) is 5.32 Å². The Kier molecular flexibility index (Phi) is 4.33. The molecule has 1 aromatic heterocycles. The zero-order valence-electron chi connectivity index (χ0n) is 15.2. The predicted molar refractivity (Wildman–Crippen MR) is 104 cm³/mol. The molecule has 0 fully saturated rings. The SMILES string of the molecule is Cc1ccc(NC(=O)c2cn3c(n2)CC[C@H](c2ccccc2C)C3)cc1. The lowest BCUT2D eigenvalue weighted by Gasteiger charge is -2.25. The van der Waals surface area contributed by atoms with E-state index in [1.807, 2.05) is 37.4 Å². The quantitative estimate of drug-likeness (QED) is 0.761. The van der Waals surface area contributed by atoms with E-state index < -0.39 is 0 Å². The van der Waals surface area contributed by atoms with Crippen molar-refractivity contribution in [3.63, 3.8) is 0 Å². The molecule has 132 valence electrons. The normalized spacial score (nSPS) is 16.2. The summed E-state index contributed by atoms with van der Waals surface area (Å²) in [5.41, 5.74) is 5.19. The van der Waals surface area contributed by atoms with Gasteiger partial charge in [-0.1, -0.05) is 42.0 Å². The number of amides is 1. The number of hydrogen-bond acceptors (Lipinski definition) is 2. The summed E-state index contributed by atoms with van der Waals surface area (Å²) in [6, 6.07) is 16.4. The second kappa shape index (κ2) is 6.79. The van der Waals surface area contributed by atoms with Gasteiger partial charge in [-0.25, -0.2) is 4.98 Å². The fourth-order valence-corrected chi connectivity index (χ4v) is 3.68. The minimum Gasteiger partial charge on any atom is -0.333 e. The molecule has 1 N–H and O–H groups in total. The molecule has 0 aliphatic carbocycles. The van der Waals surface area contributed by atoms with Crippen LogP contribution in [0.3, 0.4) is 0 Å². The molecule has 1 atom stereocenters. The molecule has 0 unspecified atom stereocenters. The summed E-state index contributed by atoms with van der Waals surface area (Å²) >= 11 is 0. The van der Waals surface area contributed by atoms with Crippen molar-refractivity contribution in [1.82, 2.24) is 9.55 Å². The standard InChI is InChI=1S/C22H23N3O/c1-15-7-10-18(11-8-15)23-22(26)20-14-25-13-17(9-12-21(25)24-20)19-6-4-3-5-16(19)2/h3-8,10-11,14,17H,9,12-13H2,1-2H3,(H,23,26)/t17-/m0/s1. The number of rotatable bonds is 3. The van der Waals surface area contributed by atoms with Crippen molar-refractivity contribution in [3.8, 4) is 0 Å². The molecule has 0 bridgehead atoms. The highest BCUT2D eigenvalue weighted by Gasteiger charge is 2.24. The van der Waals surface area contributed by atoms with Crippen LogP contribution in [-0.2, 0) is 13.0 Å². The zero-order valence-corrected chi connectivity index (χ0v) is 15.2. The summed E-state index contributed by atoms with van der Waals surface area (Å²) in [7, 11) is 0. The number of benzene rings is 2. The Balaban J connectivity index is 1.51. The van der Waals surface area contributed by atoms with Crippen LogP contribution in [-0.4, -0.2) is 15.5 Å². The Morgan fingerprint density at radius 2 is 1.88 bits per heavy atom. The first kappa shape index (κ1) is 16.6. The summed E-state index contributed by atoms with van der Waals surface area (Å²) in [5.74, 6) is 1.33. The number of nitrogens with one attached hydrogen (secondary N) is 1. The van der Waals surface area contributed by atoms with E-state index in [4.69, 9.17) is 0 Å². The average Bonchev–Trinajstić information content (AvgIpc) is 3.07. The van der Waals surface area contributed by atoms with E-state index in [1.54, 1.807) is 0 Å². The fourth-order valence-electron chi connectivity index (χ4n) is 3.68. The van der Waals surface area contributed by atoms with E-state index in [-0.39, 0.29) is 5.91 Å². The monoisotopic (exact) mass is 345 g/mol. The summed E-state index contributed by atoms with van der Waals surface area (Å²) in [4.78, 5) is 17.1. The maximum atomic E-state index is 12.5. The van der Waals surface area contributed by atoms with Crippen molar-refractivity contribution in [2.24, 2.45) is 0 Å². The minimum atomic E-state index is -0.150. The van der Waals surface area contributed by atoms with Crippen LogP contribution in [0.2, 0.25) is 0 Å². The molecule has 1 aliphatic heterocycles. The molecule has 26 heavy (non-hydrogen) atoms. The molecule has 1 aliphatic rings. The molecule has 2 heterocycles. The third kappa shape index (κ3) is 3.27. The van der Waals surface area contributed by atoms with Gasteiger partial charge in [0.1, 0.15) is 11.5 Å². The van der Waals surface area contributed by atoms with E-state index >= 15 is 0 Å². The molecular weight excluding hydrogens is 322 g/mol. The first-order valence-corrected chi connectivity index (χ1v) is 9.10. The van der Waals surface area contributed by atoms with Crippen LogP contribution in [0.1, 0.15) is 45.3 Å². The molecular formula is C22H23N3O. The highest BCUT2D eigenvalue weighted by molar-refractivity contribution is 6.02. The van der Waals surface area contributed by atoms with Crippen molar-refractivity contribution in [2.45, 2.75) is 39.2 Å². The van der Waals surface area contributed by atoms with Gasteiger partial charge in [-0.3, -0.25) is 4.79 Å². The molecule has 0 saturated carbocycles. The van der Waals surface area contributed by atoms with E-state index in [0.717, 1.165) is 30.9 Å². The minimum absolute atomic E-state index is 0.150. The second-order valence-corrected chi connectivity index (χ2v) is 7.11. The Hall–Kier alpha value is -2.88. The molecule has 0 spiro atoms. The molecule has 1 amide bonds. The first-order chi connectivity index (χ1) is 12.6. The largest absolute Gasteiger partial charge is 0.333 e. The molecule has 3 aromatic rings. The predicted octanol–water partition coefficient (Wildman–Crippen LogP) is 4.48. The van der Waals surface area contributed by atoms with Crippen molar-refractivity contribution in [1.29, 1.82) is 0 Å². The van der Waals surface area contributed by atoms with Crippen molar-refractivity contribution in [3.05, 3.63) is 82.9 Å². The molecule has 4 rings (SSSR count). The third-order valence-corrected chi connectivity index (χ3v) is 5.16. The molecule has 4 nitrogen and oxygen atoms in total. The lowest BCUT2D eigenvalue weighted by molar-refractivity contribution is 0.102. The molecule has 0 saturated heterocycles. The van der Waals surface area contributed by atoms with Crippen LogP contribution in [0.15, 0.2) is 54.7 Å². The smallest absolute Gasteiger partial charge is 0.275 e. The van der Waals surface area contributed by atoms with Crippen LogP contribution in [0, 0.1) is 13.8 Å². The van der Waals surface area contributed by atoms with Gasteiger partial charge >= 0.3 is 0 Å². The Morgan fingerprint density at radius 3 is 2.65 bits per heavy atom. The number of hydrogen-bond donors (Lipinski definition) is 1. The van der Waals surface area contributed by atoms with E-state index in [0.29, 0.717) is 11.6 Å². The number of imidazole rings is 1. The van der Waals surface area contributed by atoms with Crippen LogP contribution in [0.4, 0.5) is 5.69 Å². The van der Waals surface area contributed by atoms with Crippen molar-refractivity contribution < 1.29 is 4.79 Å². The van der Waals surface area contributed by atoms with E-state index in [1.165, 1.54) is 16.7 Å². The number of carbonyl (C=O) groups is 1. The van der Waals surface area contributed by atoms with Crippen molar-refractivity contribution >= 4 is 11.6 Å². The van der Waals surface area contributed by atoms with Gasteiger partial charge in [0.25, 0.3) is 5.91 Å². The van der Waals surface area contributed by atoms with E-state index in [2.05, 4.69) is 46.1 Å². The lowest BCUT2D eigenvalue weighted by Crippen LogP contribution is -2.19. The number of anilines is 1. The Labute approximate surface area is 153 Å². The maximum Gasteiger partial charge on any atom is 0.275 e. The van der Waals surface area contributed by atoms with Crippen LogP contribution in [0.5, 0.6) is 0 Å². The first-order valence-electron chi connectivity index (χ1n) is 9.10. The highest BCUT2D eigenvalue weighted by atomic mass is 16.1. The second-order valence-electron chi connectivity index (χ2n) is 7.11. The van der Waals surface area contributed by atoms with E-state index in [9.17, 15) is 4.79 Å². The number of carbonyl (C=O) groups excluding carboxylic acids is 1. The highest BCUT2D eigenvalue weighted by Crippen LogP contribution is 2.30. The van der Waals surface area contributed by atoms with Gasteiger partial charge in [-0.05, 0) is 43.5 Å². The van der Waals surface area contributed by atoms with Gasteiger partial charge in [0.15, 0.2) is 0 Å². The Morgan fingerprint density at radius 1 is 1.12 bits per heavy atom.